The molecule has 1 saturated heterocycles. The summed E-state index contributed by atoms with van der Waals surface area (Å²) in [4.78, 5) is 68.3. The standard InChI is InChI=1S/C51H68N4O8/c1-28(2)39-35(56)25-50(53-44(61)51(26-62-27-51)52-41(57)34-24-33(54-55-34)29-13-11-10-12-14-29)22-21-48(8)30(40(39)50)15-16-37-47(7)19-18-38(46(5,6)36(47)17-20-49(37,48)9)63-43(60)32-23-31(42(58)59)45(32,3)4/h10-14,24,28,30-32,36-38H,15-23,25-27H2,1-9H3,(H,52,57)(H,53,61)(H,54,55)(H,58,59)/t30-,31+,32-,36+,37-,38+,47+,48-,49-,50-/m1/s1. The average molecular weight is 865 g/mol. The Balaban J connectivity index is 0.953. The Morgan fingerprint density at radius 1 is 0.841 bits per heavy atom. The van der Waals surface area contributed by atoms with E-state index in [9.17, 15) is 29.1 Å². The first kappa shape index (κ1) is 43.9. The first-order chi connectivity index (χ1) is 29.5. The second kappa shape index (κ2) is 14.6. The molecule has 2 heterocycles. The summed E-state index contributed by atoms with van der Waals surface area (Å²) < 4.78 is 12.1. The van der Waals surface area contributed by atoms with Crippen molar-refractivity contribution in [3.63, 3.8) is 0 Å². The van der Waals surface area contributed by atoms with Gasteiger partial charge in [0, 0.05) is 17.4 Å². The Kier molecular flexibility index (Phi) is 10.2. The number of ether oxygens (including phenoxy) is 2. The molecule has 12 heteroatoms. The Morgan fingerprint density at radius 3 is 2.19 bits per heavy atom. The minimum atomic E-state index is -1.29. The molecule has 6 aliphatic carbocycles. The van der Waals surface area contributed by atoms with Gasteiger partial charge in [-0.3, -0.25) is 29.1 Å². The van der Waals surface area contributed by atoms with Gasteiger partial charge < -0.3 is 25.2 Å². The predicted octanol–water partition coefficient (Wildman–Crippen LogP) is 8.08. The first-order valence-electron chi connectivity index (χ1n) is 23.6. The summed E-state index contributed by atoms with van der Waals surface area (Å²) in [6.45, 7) is 20.1. The van der Waals surface area contributed by atoms with Crippen molar-refractivity contribution in [3.8, 4) is 11.3 Å². The third-order valence-corrected chi connectivity index (χ3v) is 19.2. The summed E-state index contributed by atoms with van der Waals surface area (Å²) in [6, 6.07) is 11.3. The van der Waals surface area contributed by atoms with Gasteiger partial charge in [-0.2, -0.15) is 5.10 Å². The maximum atomic E-state index is 14.7. The number of carbonyl (C=O) groups is 5. The van der Waals surface area contributed by atoms with E-state index in [1.54, 1.807) is 6.07 Å². The van der Waals surface area contributed by atoms with Crippen molar-refractivity contribution in [2.75, 3.05) is 13.2 Å². The lowest BCUT2D eigenvalue weighted by atomic mass is 9.33. The van der Waals surface area contributed by atoms with Crippen molar-refractivity contribution in [3.05, 3.63) is 53.2 Å². The van der Waals surface area contributed by atoms with Gasteiger partial charge in [-0.15, -0.1) is 0 Å². The van der Waals surface area contributed by atoms with Crippen molar-refractivity contribution >= 4 is 29.5 Å². The van der Waals surface area contributed by atoms with Crippen LogP contribution in [0.5, 0.6) is 0 Å². The number of benzene rings is 1. The summed E-state index contributed by atoms with van der Waals surface area (Å²) in [6.07, 6.45) is 7.50. The number of rotatable bonds is 9. The number of aromatic nitrogens is 2. The average Bonchev–Trinajstić information content (AvgIpc) is 3.80. The van der Waals surface area contributed by atoms with Gasteiger partial charge in [0.05, 0.1) is 36.3 Å². The van der Waals surface area contributed by atoms with Crippen LogP contribution in [-0.4, -0.2) is 75.2 Å². The number of H-pyrrole nitrogens is 1. The second-order valence-electron chi connectivity index (χ2n) is 23.1. The molecule has 0 radical (unpaired) electrons. The molecule has 1 aliphatic heterocycles. The Morgan fingerprint density at radius 2 is 1.56 bits per heavy atom. The molecule has 0 spiro atoms. The van der Waals surface area contributed by atoms with Gasteiger partial charge in [0.15, 0.2) is 11.3 Å². The number of nitrogens with zero attached hydrogens (tertiary/aromatic N) is 1. The highest BCUT2D eigenvalue weighted by Crippen LogP contribution is 2.76. The number of carbonyl (C=O) groups excluding carboxylic acids is 4. The molecule has 63 heavy (non-hydrogen) atoms. The van der Waals surface area contributed by atoms with Crippen LogP contribution in [0, 0.1) is 62.6 Å². The van der Waals surface area contributed by atoms with Crippen molar-refractivity contribution in [1.29, 1.82) is 0 Å². The lowest BCUT2D eigenvalue weighted by Gasteiger charge is -2.72. The highest BCUT2D eigenvalue weighted by atomic mass is 16.5. The zero-order valence-electron chi connectivity index (χ0n) is 38.7. The van der Waals surface area contributed by atoms with Crippen molar-refractivity contribution in [2.45, 2.75) is 144 Å². The van der Waals surface area contributed by atoms with Gasteiger partial charge >= 0.3 is 11.9 Å². The van der Waals surface area contributed by atoms with E-state index in [1.165, 1.54) is 0 Å². The molecule has 12 nitrogen and oxygen atoms in total. The number of allylic oxidation sites excluding steroid dienone is 1. The van der Waals surface area contributed by atoms with E-state index < -0.39 is 40.2 Å². The number of hydrogen-bond donors (Lipinski definition) is 4. The summed E-state index contributed by atoms with van der Waals surface area (Å²) in [5, 5.41) is 23.4. The molecular formula is C51H68N4O8. The van der Waals surface area contributed by atoms with Gasteiger partial charge in [-0.05, 0) is 120 Å². The van der Waals surface area contributed by atoms with E-state index in [4.69, 9.17) is 9.47 Å². The van der Waals surface area contributed by atoms with Crippen molar-refractivity contribution < 1.29 is 38.6 Å². The lowest BCUT2D eigenvalue weighted by Crippen LogP contribution is -2.73. The van der Waals surface area contributed by atoms with Crippen LogP contribution in [0.15, 0.2) is 47.5 Å². The summed E-state index contributed by atoms with van der Waals surface area (Å²) >= 11 is 0. The molecule has 9 rings (SSSR count). The molecule has 5 saturated carbocycles. The van der Waals surface area contributed by atoms with Crippen molar-refractivity contribution in [2.24, 2.45) is 62.6 Å². The van der Waals surface area contributed by atoms with E-state index in [2.05, 4.69) is 69.3 Å². The Labute approximate surface area is 371 Å². The van der Waals surface area contributed by atoms with Crippen molar-refractivity contribution in [1.82, 2.24) is 20.8 Å². The SMILES string of the molecule is CC(C)C1=C2[C@H]3CC[C@@H]4[C@@]5(C)CC[C@H](OC(=O)[C@H]6C[C@@H](C(=O)O)C6(C)C)C(C)(C)[C@@H]5CC[C@@]4(C)[C@]3(C)CC[C@@]2(NC(=O)C2(NC(=O)c3cc(-c4ccccc4)n[nH]3)COC2)CC1=O. The Bertz CT molecular complexity index is 2270. The number of esters is 1. The number of aromatic amines is 1. The molecule has 1 aromatic carbocycles. The molecule has 4 N–H and O–H groups in total. The number of Topliss-reactive ketones (excluding diaryl/α,β-unsaturated/α-hetero) is 1. The second-order valence-corrected chi connectivity index (χ2v) is 23.1. The quantitative estimate of drug-likeness (QED) is 0.182. The third-order valence-electron chi connectivity index (χ3n) is 19.2. The number of nitrogens with one attached hydrogen (secondary N) is 3. The summed E-state index contributed by atoms with van der Waals surface area (Å²) in [5.74, 6) is -1.86. The fourth-order valence-electron chi connectivity index (χ4n) is 15.3. The van der Waals surface area contributed by atoms with Crippen LogP contribution in [0.4, 0.5) is 0 Å². The van der Waals surface area contributed by atoms with Gasteiger partial charge in [-0.25, -0.2) is 0 Å². The van der Waals surface area contributed by atoms with Crippen LogP contribution in [0.25, 0.3) is 11.3 Å². The van der Waals surface area contributed by atoms with Gasteiger partial charge in [0.25, 0.3) is 11.8 Å². The van der Waals surface area contributed by atoms with Crippen LogP contribution in [0.3, 0.4) is 0 Å². The van der Waals surface area contributed by atoms with Gasteiger partial charge in [0.1, 0.15) is 11.8 Å². The van der Waals surface area contributed by atoms with Gasteiger partial charge in [-0.1, -0.05) is 92.6 Å². The molecule has 340 valence electrons. The van der Waals surface area contributed by atoms with E-state index in [-0.39, 0.29) is 82.6 Å². The third kappa shape index (κ3) is 6.28. The minimum Gasteiger partial charge on any atom is -0.481 e. The highest BCUT2D eigenvalue weighted by molar-refractivity contribution is 6.04. The molecule has 0 bridgehead atoms. The molecule has 6 fully saturated rings. The molecule has 10 atom stereocenters. The van der Waals surface area contributed by atoms with Gasteiger partial charge in [0.2, 0.25) is 0 Å². The van der Waals surface area contributed by atoms with Crippen LogP contribution in [-0.2, 0) is 28.7 Å². The van der Waals surface area contributed by atoms with E-state index in [0.29, 0.717) is 30.4 Å². The predicted molar refractivity (Wildman–Crippen MR) is 236 cm³/mol. The number of carboxylic acid groups (broad SMARTS) is 1. The normalized spacial score (nSPS) is 38.2. The molecule has 2 amide bonds. The maximum absolute atomic E-state index is 14.7. The number of ketones is 1. The lowest BCUT2D eigenvalue weighted by molar-refractivity contribution is -0.235. The van der Waals surface area contributed by atoms with Crippen LogP contribution < -0.4 is 10.6 Å². The summed E-state index contributed by atoms with van der Waals surface area (Å²) in [7, 11) is 0. The number of amides is 2. The van der Waals surface area contributed by atoms with E-state index >= 15 is 0 Å². The zero-order chi connectivity index (χ0) is 45.3. The van der Waals surface area contributed by atoms with E-state index in [0.717, 1.165) is 61.7 Å². The minimum absolute atomic E-state index is 0.00631. The first-order valence-corrected chi connectivity index (χ1v) is 23.6. The maximum Gasteiger partial charge on any atom is 0.309 e. The summed E-state index contributed by atoms with van der Waals surface area (Å²) in [5.41, 5.74) is 0.541. The molecule has 7 aliphatic rings. The zero-order valence-corrected chi connectivity index (χ0v) is 38.7. The fourth-order valence-corrected chi connectivity index (χ4v) is 15.3. The molecular weight excluding hydrogens is 797 g/mol. The largest absolute Gasteiger partial charge is 0.481 e. The smallest absolute Gasteiger partial charge is 0.309 e. The number of hydrogen-bond acceptors (Lipinski definition) is 8. The van der Waals surface area contributed by atoms with Crippen LogP contribution >= 0.6 is 0 Å². The molecule has 1 aromatic heterocycles. The Hall–Kier alpha value is -4.32. The number of aliphatic carboxylic acids is 1. The van der Waals surface area contributed by atoms with Crippen LogP contribution in [0.2, 0.25) is 0 Å². The highest BCUT2D eigenvalue weighted by Gasteiger charge is 2.71. The molecule has 2 aromatic rings. The van der Waals surface area contributed by atoms with Crippen LogP contribution in [0.1, 0.15) is 137 Å². The monoisotopic (exact) mass is 865 g/mol. The molecule has 0 unspecified atom stereocenters. The van der Waals surface area contributed by atoms with E-state index in [1.807, 2.05) is 44.2 Å². The number of fused-ring (bicyclic) bond motifs is 7. The number of carboxylic acids is 1. The fraction of sp³-hybridized carbons (Fsp3) is 0.686. The topological polar surface area (TPSA) is 177 Å².